The number of aromatic nitrogens is 1. The Balaban J connectivity index is 0.00000341. The van der Waals surface area contributed by atoms with Gasteiger partial charge in [-0.15, -0.1) is 35.3 Å². The number of piperazine rings is 1. The van der Waals surface area contributed by atoms with Crippen LogP contribution in [0.4, 0.5) is 0 Å². The summed E-state index contributed by atoms with van der Waals surface area (Å²) in [6.07, 6.45) is 3.56. The Morgan fingerprint density at radius 3 is 2.35 bits per heavy atom. The fourth-order valence-corrected chi connectivity index (χ4v) is 4.79. The molecule has 9 heteroatoms. The van der Waals surface area contributed by atoms with Crippen molar-refractivity contribution in [1.82, 2.24) is 25.0 Å². The van der Waals surface area contributed by atoms with Gasteiger partial charge in [0.15, 0.2) is 5.96 Å². The number of guanidine groups is 1. The molecule has 2 saturated heterocycles. The molecule has 0 aromatic carbocycles. The maximum Gasteiger partial charge on any atom is 0.236 e. The highest BCUT2D eigenvalue weighted by Crippen LogP contribution is 2.24. The van der Waals surface area contributed by atoms with E-state index < -0.39 is 0 Å². The highest BCUT2D eigenvalue weighted by molar-refractivity contribution is 14.0. The molecular weight excluding hydrogens is 523 g/mol. The van der Waals surface area contributed by atoms with E-state index in [1.54, 1.807) is 11.3 Å². The zero-order valence-electron chi connectivity index (χ0n) is 19.5. The lowest BCUT2D eigenvalue weighted by atomic mass is 9.93. The van der Waals surface area contributed by atoms with Crippen LogP contribution >= 0.6 is 35.3 Å². The van der Waals surface area contributed by atoms with Gasteiger partial charge in [-0.1, -0.05) is 20.8 Å². The molecule has 1 aromatic heterocycles. The van der Waals surface area contributed by atoms with Crippen LogP contribution in [0, 0.1) is 0 Å². The van der Waals surface area contributed by atoms with Crippen LogP contribution in [0.15, 0.2) is 10.4 Å². The van der Waals surface area contributed by atoms with Gasteiger partial charge in [-0.2, -0.15) is 0 Å². The zero-order valence-corrected chi connectivity index (χ0v) is 22.7. The molecule has 31 heavy (non-hydrogen) atoms. The van der Waals surface area contributed by atoms with Gasteiger partial charge in [-0.05, 0) is 26.2 Å². The molecule has 3 rings (SSSR count). The van der Waals surface area contributed by atoms with Crippen molar-refractivity contribution < 1.29 is 4.79 Å². The zero-order chi connectivity index (χ0) is 21.6. The van der Waals surface area contributed by atoms with Gasteiger partial charge in [0.1, 0.15) is 5.01 Å². The van der Waals surface area contributed by atoms with E-state index in [4.69, 9.17) is 9.98 Å². The summed E-state index contributed by atoms with van der Waals surface area (Å²) in [5.41, 5.74) is 1.21. The molecule has 1 aromatic rings. The van der Waals surface area contributed by atoms with Gasteiger partial charge in [0, 0.05) is 56.6 Å². The molecule has 0 unspecified atom stereocenters. The van der Waals surface area contributed by atoms with Crippen LogP contribution in [0.25, 0.3) is 0 Å². The summed E-state index contributed by atoms with van der Waals surface area (Å²) in [5, 5.41) is 6.63. The second-order valence-electron chi connectivity index (χ2n) is 9.25. The van der Waals surface area contributed by atoms with Crippen molar-refractivity contribution in [2.75, 3.05) is 52.4 Å². The van der Waals surface area contributed by atoms with E-state index in [1.165, 1.54) is 6.42 Å². The molecule has 0 aliphatic carbocycles. The van der Waals surface area contributed by atoms with Crippen molar-refractivity contribution in [3.8, 4) is 0 Å². The minimum atomic E-state index is 0. The summed E-state index contributed by atoms with van der Waals surface area (Å²) >= 11 is 1.69. The highest BCUT2D eigenvalue weighted by Gasteiger charge is 2.24. The van der Waals surface area contributed by atoms with Crippen molar-refractivity contribution in [3.05, 3.63) is 16.1 Å². The quantitative estimate of drug-likeness (QED) is 0.340. The van der Waals surface area contributed by atoms with E-state index in [-0.39, 0.29) is 29.4 Å². The molecule has 2 fully saturated rings. The summed E-state index contributed by atoms with van der Waals surface area (Å²) in [6, 6.07) is 0. The Bertz CT molecular complexity index is 718. The molecule has 0 bridgehead atoms. The van der Waals surface area contributed by atoms with Crippen LogP contribution in [0.5, 0.6) is 0 Å². The Hall–Kier alpha value is -0.940. The molecule has 7 nitrogen and oxygen atoms in total. The molecule has 176 valence electrons. The smallest absolute Gasteiger partial charge is 0.236 e. The molecule has 3 heterocycles. The van der Waals surface area contributed by atoms with Crippen molar-refractivity contribution in [2.24, 2.45) is 4.99 Å². The molecule has 0 atom stereocenters. The fourth-order valence-electron chi connectivity index (χ4n) is 3.85. The van der Waals surface area contributed by atoms with Crippen molar-refractivity contribution in [2.45, 2.75) is 58.9 Å². The van der Waals surface area contributed by atoms with Crippen LogP contribution in [0.2, 0.25) is 0 Å². The van der Waals surface area contributed by atoms with E-state index in [2.05, 4.69) is 48.2 Å². The van der Waals surface area contributed by atoms with Crippen molar-refractivity contribution in [1.29, 1.82) is 0 Å². The normalized spacial score (nSPS) is 18.6. The van der Waals surface area contributed by atoms with Crippen LogP contribution in [0.3, 0.4) is 0 Å². The van der Waals surface area contributed by atoms with Crippen molar-refractivity contribution >= 4 is 47.2 Å². The van der Waals surface area contributed by atoms with Gasteiger partial charge < -0.3 is 15.1 Å². The molecular formula is C22H39IN6OS. The van der Waals surface area contributed by atoms with Gasteiger partial charge in [0.2, 0.25) is 5.91 Å². The lowest BCUT2D eigenvalue weighted by molar-refractivity contribution is -0.133. The predicted molar refractivity (Wildman–Crippen MR) is 139 cm³/mol. The van der Waals surface area contributed by atoms with E-state index in [0.29, 0.717) is 19.0 Å². The highest BCUT2D eigenvalue weighted by atomic mass is 127. The Morgan fingerprint density at radius 2 is 1.77 bits per heavy atom. The Labute approximate surface area is 208 Å². The third-order valence-corrected chi connectivity index (χ3v) is 6.59. The molecule has 2 aliphatic rings. The number of piperidine rings is 1. The van der Waals surface area contributed by atoms with E-state index in [1.807, 2.05) is 4.90 Å². The third kappa shape index (κ3) is 7.85. The lowest BCUT2D eigenvalue weighted by Crippen LogP contribution is -2.54. The van der Waals surface area contributed by atoms with Crippen LogP contribution < -0.4 is 5.32 Å². The fraction of sp³-hybridized carbons (Fsp3) is 0.773. The number of carbonyl (C=O) groups is 1. The molecule has 0 saturated carbocycles. The van der Waals surface area contributed by atoms with Crippen LogP contribution in [-0.2, 0) is 16.8 Å². The number of hydrogen-bond acceptors (Lipinski definition) is 5. The topological polar surface area (TPSA) is 64.1 Å². The largest absolute Gasteiger partial charge is 0.357 e. The number of amides is 1. The number of aliphatic imine (C=N–C) groups is 1. The molecule has 1 N–H and O–H groups in total. The summed E-state index contributed by atoms with van der Waals surface area (Å²) in [7, 11) is 0. The maximum absolute atomic E-state index is 12.5. The number of likely N-dealkylation sites (tertiary alicyclic amines) is 1. The first kappa shape index (κ1) is 26.3. The standard InChI is InChI=1S/C22H38N6OS.HI/c1-5-23-21(24-15-19-25-18(17-30-19)22(2,3)4)28-13-11-26(12-14-28)16-20(29)27-9-7-6-8-10-27;/h17H,5-16H2,1-4H3,(H,23,24);1H. The third-order valence-electron chi connectivity index (χ3n) is 5.76. The average Bonchev–Trinajstić information content (AvgIpc) is 3.22. The first-order valence-electron chi connectivity index (χ1n) is 11.3. The second-order valence-corrected chi connectivity index (χ2v) is 10.2. The predicted octanol–water partition coefficient (Wildman–Crippen LogP) is 3.15. The van der Waals surface area contributed by atoms with Crippen molar-refractivity contribution in [3.63, 3.8) is 0 Å². The summed E-state index contributed by atoms with van der Waals surface area (Å²) in [6.45, 7) is 16.1. The minimum Gasteiger partial charge on any atom is -0.357 e. The van der Waals surface area contributed by atoms with Gasteiger partial charge in [-0.3, -0.25) is 9.69 Å². The second kappa shape index (κ2) is 12.3. The van der Waals surface area contributed by atoms with Gasteiger partial charge in [0.05, 0.1) is 18.8 Å². The van der Waals surface area contributed by atoms with Crippen LogP contribution in [0.1, 0.15) is 57.7 Å². The molecule has 0 radical (unpaired) electrons. The summed E-state index contributed by atoms with van der Waals surface area (Å²) < 4.78 is 0. The number of nitrogens with zero attached hydrogens (tertiary/aromatic N) is 5. The Kier molecular flexibility index (Phi) is 10.5. The number of hydrogen-bond donors (Lipinski definition) is 1. The molecule has 2 aliphatic heterocycles. The van der Waals surface area contributed by atoms with Gasteiger partial charge in [-0.25, -0.2) is 9.98 Å². The van der Waals surface area contributed by atoms with Gasteiger partial charge >= 0.3 is 0 Å². The summed E-state index contributed by atoms with van der Waals surface area (Å²) in [5.74, 6) is 1.24. The first-order valence-corrected chi connectivity index (χ1v) is 12.2. The summed E-state index contributed by atoms with van der Waals surface area (Å²) in [4.78, 5) is 28.8. The number of rotatable bonds is 5. The molecule has 1 amide bonds. The number of carbonyl (C=O) groups excluding carboxylic acids is 1. The number of thiazole rings is 1. The van der Waals surface area contributed by atoms with Gasteiger partial charge in [0.25, 0.3) is 0 Å². The van der Waals surface area contributed by atoms with Crippen LogP contribution in [-0.4, -0.2) is 83.9 Å². The SMILES string of the molecule is CCNC(=NCc1nc(C(C)(C)C)cs1)N1CCN(CC(=O)N2CCCCC2)CC1.I. The lowest BCUT2D eigenvalue weighted by Gasteiger charge is -2.37. The Morgan fingerprint density at radius 1 is 1.10 bits per heavy atom. The number of halogens is 1. The monoisotopic (exact) mass is 562 g/mol. The minimum absolute atomic E-state index is 0. The van der Waals surface area contributed by atoms with E-state index in [0.717, 1.165) is 75.3 Å². The van der Waals surface area contributed by atoms with E-state index in [9.17, 15) is 4.79 Å². The first-order chi connectivity index (χ1) is 14.4. The average molecular weight is 563 g/mol. The maximum atomic E-state index is 12.5. The number of nitrogens with one attached hydrogen (secondary N) is 1. The van der Waals surface area contributed by atoms with E-state index >= 15 is 0 Å². The molecule has 0 spiro atoms.